The van der Waals surface area contributed by atoms with Crippen molar-refractivity contribution in [2.45, 2.75) is 57.3 Å². The molecule has 18 heavy (non-hydrogen) atoms. The number of piperidine rings is 1. The Labute approximate surface area is 107 Å². The number of hydrogen-bond donors (Lipinski definition) is 2. The van der Waals surface area contributed by atoms with Crippen LogP contribution in [0.1, 0.15) is 39.0 Å². The van der Waals surface area contributed by atoms with Gasteiger partial charge in [-0.25, -0.2) is 0 Å². The van der Waals surface area contributed by atoms with Crippen molar-refractivity contribution in [2.24, 2.45) is 10.9 Å². The fourth-order valence-corrected chi connectivity index (χ4v) is 2.74. The third-order valence-corrected chi connectivity index (χ3v) is 3.75. The molecule has 0 saturated carbocycles. The van der Waals surface area contributed by atoms with Gasteiger partial charge >= 0.3 is 0 Å². The maximum absolute atomic E-state index is 12.4. The van der Waals surface area contributed by atoms with Gasteiger partial charge < -0.3 is 20.6 Å². The normalized spacial score (nSPS) is 33.7. The highest BCUT2D eigenvalue weighted by atomic mass is 16.5. The quantitative estimate of drug-likeness (QED) is 0.329. The Kier molecular flexibility index (Phi) is 4.06. The number of amides is 1. The van der Waals surface area contributed by atoms with Gasteiger partial charge in [-0.3, -0.25) is 4.79 Å². The van der Waals surface area contributed by atoms with Crippen molar-refractivity contribution in [1.82, 2.24) is 4.90 Å². The standard InChI is InChI=1S/C12H21N3O3/c1-8-5-6-10(18-8)12(16)15-7-3-2-4-9(15)11(13)14-17/h8-10,17H,2-7H2,1H3,(H2,13,14). The van der Waals surface area contributed by atoms with Crippen LogP contribution >= 0.6 is 0 Å². The van der Waals surface area contributed by atoms with Gasteiger partial charge in [0.1, 0.15) is 6.10 Å². The number of amidine groups is 1. The number of nitrogens with zero attached hydrogens (tertiary/aromatic N) is 2. The molecule has 0 aliphatic carbocycles. The molecule has 0 radical (unpaired) electrons. The second kappa shape index (κ2) is 5.56. The van der Waals surface area contributed by atoms with Crippen molar-refractivity contribution < 1.29 is 14.7 Å². The van der Waals surface area contributed by atoms with Crippen LogP contribution in [0.2, 0.25) is 0 Å². The first-order valence-electron chi connectivity index (χ1n) is 6.57. The summed E-state index contributed by atoms with van der Waals surface area (Å²) < 4.78 is 5.60. The summed E-state index contributed by atoms with van der Waals surface area (Å²) in [6.07, 6.45) is 4.18. The topological polar surface area (TPSA) is 88.2 Å². The van der Waals surface area contributed by atoms with Gasteiger partial charge in [-0.1, -0.05) is 5.16 Å². The summed E-state index contributed by atoms with van der Waals surface area (Å²) in [4.78, 5) is 14.1. The zero-order valence-corrected chi connectivity index (χ0v) is 10.7. The highest BCUT2D eigenvalue weighted by molar-refractivity contribution is 5.91. The molecule has 2 rings (SSSR count). The van der Waals surface area contributed by atoms with E-state index in [0.29, 0.717) is 6.54 Å². The van der Waals surface area contributed by atoms with E-state index >= 15 is 0 Å². The van der Waals surface area contributed by atoms with Crippen LogP contribution in [0, 0.1) is 0 Å². The molecule has 6 nitrogen and oxygen atoms in total. The van der Waals surface area contributed by atoms with Gasteiger partial charge in [-0.15, -0.1) is 0 Å². The molecule has 102 valence electrons. The Morgan fingerprint density at radius 2 is 2.17 bits per heavy atom. The van der Waals surface area contributed by atoms with Gasteiger partial charge in [0, 0.05) is 6.54 Å². The van der Waals surface area contributed by atoms with E-state index in [2.05, 4.69) is 5.16 Å². The lowest BCUT2D eigenvalue weighted by molar-refractivity contribution is -0.144. The van der Waals surface area contributed by atoms with E-state index in [1.54, 1.807) is 4.90 Å². The molecule has 2 fully saturated rings. The molecule has 1 amide bonds. The van der Waals surface area contributed by atoms with E-state index in [1.807, 2.05) is 6.92 Å². The number of carbonyl (C=O) groups is 1. The SMILES string of the molecule is CC1CCC(C(=O)N2CCCCC2C(N)=NO)O1. The lowest BCUT2D eigenvalue weighted by Gasteiger charge is -2.36. The van der Waals surface area contributed by atoms with Crippen LogP contribution in [0.25, 0.3) is 0 Å². The van der Waals surface area contributed by atoms with Crippen LogP contribution in [-0.4, -0.2) is 46.6 Å². The van der Waals surface area contributed by atoms with Gasteiger partial charge in [0.25, 0.3) is 5.91 Å². The number of likely N-dealkylation sites (tertiary alicyclic amines) is 1. The molecule has 3 atom stereocenters. The van der Waals surface area contributed by atoms with Gasteiger partial charge in [0.05, 0.1) is 12.1 Å². The molecule has 0 spiro atoms. The zero-order valence-electron chi connectivity index (χ0n) is 10.7. The fraction of sp³-hybridized carbons (Fsp3) is 0.833. The van der Waals surface area contributed by atoms with E-state index in [-0.39, 0.29) is 30.0 Å². The minimum Gasteiger partial charge on any atom is -0.409 e. The second-order valence-corrected chi connectivity index (χ2v) is 5.08. The third-order valence-electron chi connectivity index (χ3n) is 3.75. The second-order valence-electron chi connectivity index (χ2n) is 5.08. The van der Waals surface area contributed by atoms with E-state index in [9.17, 15) is 4.79 Å². The molecule has 6 heteroatoms. The van der Waals surface area contributed by atoms with Gasteiger partial charge in [-0.2, -0.15) is 0 Å². The van der Waals surface area contributed by atoms with Crippen molar-refractivity contribution in [3.05, 3.63) is 0 Å². The Bertz CT molecular complexity index is 345. The van der Waals surface area contributed by atoms with E-state index in [1.165, 1.54) is 0 Å². The molecule has 2 aliphatic rings. The molecule has 3 unspecified atom stereocenters. The highest BCUT2D eigenvalue weighted by Gasteiger charge is 2.37. The Balaban J connectivity index is 2.06. The average Bonchev–Trinajstić information content (AvgIpc) is 2.83. The van der Waals surface area contributed by atoms with Crippen LogP contribution in [-0.2, 0) is 9.53 Å². The number of nitrogens with two attached hydrogens (primary N) is 1. The largest absolute Gasteiger partial charge is 0.409 e. The molecule has 2 saturated heterocycles. The van der Waals surface area contributed by atoms with Crippen LogP contribution in [0.15, 0.2) is 5.16 Å². The fourth-order valence-electron chi connectivity index (χ4n) is 2.74. The van der Waals surface area contributed by atoms with Crippen LogP contribution in [0.4, 0.5) is 0 Å². The van der Waals surface area contributed by atoms with Gasteiger partial charge in [0.15, 0.2) is 5.84 Å². The molecule has 0 bridgehead atoms. The maximum atomic E-state index is 12.4. The number of carbonyl (C=O) groups excluding carboxylic acids is 1. The van der Waals surface area contributed by atoms with Gasteiger partial charge in [0.2, 0.25) is 0 Å². The molecule has 0 aromatic carbocycles. The molecule has 2 aliphatic heterocycles. The Hall–Kier alpha value is -1.30. The molecule has 0 aromatic heterocycles. The smallest absolute Gasteiger partial charge is 0.252 e. The molecular weight excluding hydrogens is 234 g/mol. The van der Waals surface area contributed by atoms with Gasteiger partial charge in [-0.05, 0) is 39.0 Å². The first-order chi connectivity index (χ1) is 8.63. The van der Waals surface area contributed by atoms with Crippen LogP contribution in [0.3, 0.4) is 0 Å². The van der Waals surface area contributed by atoms with Crippen molar-refractivity contribution in [2.75, 3.05) is 6.54 Å². The minimum absolute atomic E-state index is 0.0179. The van der Waals surface area contributed by atoms with Crippen molar-refractivity contribution in [1.29, 1.82) is 0 Å². The lowest BCUT2D eigenvalue weighted by Crippen LogP contribution is -2.53. The summed E-state index contributed by atoms with van der Waals surface area (Å²) >= 11 is 0. The van der Waals surface area contributed by atoms with Crippen molar-refractivity contribution in [3.63, 3.8) is 0 Å². The maximum Gasteiger partial charge on any atom is 0.252 e. The average molecular weight is 255 g/mol. The van der Waals surface area contributed by atoms with E-state index in [4.69, 9.17) is 15.7 Å². The Morgan fingerprint density at radius 1 is 1.39 bits per heavy atom. The predicted octanol–water partition coefficient (Wildman–Crippen LogP) is 0.681. The lowest BCUT2D eigenvalue weighted by atomic mass is 10.00. The summed E-state index contributed by atoms with van der Waals surface area (Å²) in [5.74, 6) is 0.102. The number of rotatable bonds is 2. The van der Waals surface area contributed by atoms with Crippen LogP contribution < -0.4 is 5.73 Å². The third kappa shape index (κ3) is 2.58. The number of oxime groups is 1. The highest BCUT2D eigenvalue weighted by Crippen LogP contribution is 2.25. The van der Waals surface area contributed by atoms with Crippen molar-refractivity contribution >= 4 is 11.7 Å². The van der Waals surface area contributed by atoms with Crippen LogP contribution in [0.5, 0.6) is 0 Å². The zero-order chi connectivity index (χ0) is 13.1. The number of hydrogen-bond acceptors (Lipinski definition) is 4. The first kappa shape index (κ1) is 13.1. The number of ether oxygens (including phenoxy) is 1. The monoisotopic (exact) mass is 255 g/mol. The summed E-state index contributed by atoms with van der Waals surface area (Å²) in [6, 6.07) is -0.282. The summed E-state index contributed by atoms with van der Waals surface area (Å²) in [5, 5.41) is 11.8. The molecule has 2 heterocycles. The Morgan fingerprint density at radius 3 is 2.78 bits per heavy atom. The summed E-state index contributed by atoms with van der Waals surface area (Å²) in [6.45, 7) is 2.64. The van der Waals surface area contributed by atoms with Crippen molar-refractivity contribution in [3.8, 4) is 0 Å². The minimum atomic E-state index is -0.355. The van der Waals surface area contributed by atoms with E-state index < -0.39 is 0 Å². The molecule has 3 N–H and O–H groups in total. The summed E-state index contributed by atoms with van der Waals surface area (Å²) in [5.41, 5.74) is 5.67. The predicted molar refractivity (Wildman–Crippen MR) is 66.3 cm³/mol. The molecular formula is C12H21N3O3. The summed E-state index contributed by atoms with van der Waals surface area (Å²) in [7, 11) is 0. The first-order valence-corrected chi connectivity index (χ1v) is 6.57. The molecule has 0 aromatic rings. The van der Waals surface area contributed by atoms with E-state index in [0.717, 1.165) is 32.1 Å².